The molecule has 1 aliphatic rings. The summed E-state index contributed by atoms with van der Waals surface area (Å²) in [7, 11) is 0. The maximum atomic E-state index is 12.4. The van der Waals surface area contributed by atoms with E-state index in [1.54, 1.807) is 30.3 Å². The van der Waals surface area contributed by atoms with Gasteiger partial charge < -0.3 is 5.32 Å². The van der Waals surface area contributed by atoms with Gasteiger partial charge >= 0.3 is 6.18 Å². The monoisotopic (exact) mass is 227 g/mol. The Morgan fingerprint density at radius 3 is 2.25 bits per heavy atom. The molecule has 1 atom stereocenters. The highest BCUT2D eigenvalue weighted by Crippen LogP contribution is 2.29. The first-order valence-electron chi connectivity index (χ1n) is 4.63. The number of alkyl halides is 3. The summed E-state index contributed by atoms with van der Waals surface area (Å²) in [6.45, 7) is 0. The Hall–Kier alpha value is -1.78. The summed E-state index contributed by atoms with van der Waals surface area (Å²) in [6.07, 6.45) is -3.52. The van der Waals surface area contributed by atoms with Gasteiger partial charge in [0.25, 0.3) is 5.91 Å². The predicted molar refractivity (Wildman–Crippen MR) is 52.4 cm³/mol. The zero-order valence-electron chi connectivity index (χ0n) is 8.08. The fourth-order valence-electron chi connectivity index (χ4n) is 1.52. The highest BCUT2D eigenvalue weighted by atomic mass is 19.4. The van der Waals surface area contributed by atoms with Crippen LogP contribution < -0.4 is 5.32 Å². The molecule has 2 nitrogen and oxygen atoms in total. The minimum Gasteiger partial charge on any atom is -0.337 e. The number of nitrogens with one attached hydrogen (secondary N) is 1. The van der Waals surface area contributed by atoms with Gasteiger partial charge in [0, 0.05) is 5.57 Å². The van der Waals surface area contributed by atoms with Gasteiger partial charge in [-0.2, -0.15) is 13.2 Å². The van der Waals surface area contributed by atoms with Crippen LogP contribution in [0.2, 0.25) is 0 Å². The highest BCUT2D eigenvalue weighted by Gasteiger charge is 2.43. The normalized spacial score (nSPS) is 20.6. The van der Waals surface area contributed by atoms with E-state index in [9.17, 15) is 18.0 Å². The SMILES string of the molecule is O=C1N[C@H](C(F)(F)F)C=C1c1ccccc1. The number of carbonyl (C=O) groups is 1. The number of carbonyl (C=O) groups excluding carboxylic acids is 1. The summed E-state index contributed by atoms with van der Waals surface area (Å²) >= 11 is 0. The Labute approximate surface area is 89.8 Å². The van der Waals surface area contributed by atoms with Crippen LogP contribution in [0.25, 0.3) is 5.57 Å². The average Bonchev–Trinajstić information content (AvgIpc) is 2.61. The van der Waals surface area contributed by atoms with Crippen molar-refractivity contribution in [3.05, 3.63) is 42.0 Å². The first kappa shape index (κ1) is 10.7. The van der Waals surface area contributed by atoms with E-state index in [1.165, 1.54) is 0 Å². The molecule has 1 N–H and O–H groups in total. The summed E-state index contributed by atoms with van der Waals surface area (Å²) in [5.41, 5.74) is 0.565. The van der Waals surface area contributed by atoms with Crippen molar-refractivity contribution in [2.24, 2.45) is 0 Å². The van der Waals surface area contributed by atoms with E-state index in [2.05, 4.69) is 0 Å². The molecule has 0 aliphatic carbocycles. The van der Waals surface area contributed by atoms with Crippen LogP contribution in [-0.2, 0) is 4.79 Å². The van der Waals surface area contributed by atoms with E-state index < -0.39 is 18.1 Å². The van der Waals surface area contributed by atoms with Gasteiger partial charge in [-0.25, -0.2) is 0 Å². The van der Waals surface area contributed by atoms with Crippen molar-refractivity contribution in [1.82, 2.24) is 5.32 Å². The molecule has 1 aliphatic heterocycles. The zero-order valence-corrected chi connectivity index (χ0v) is 8.08. The fraction of sp³-hybridized carbons (Fsp3) is 0.182. The van der Waals surface area contributed by atoms with Crippen molar-refractivity contribution in [1.29, 1.82) is 0 Å². The summed E-state index contributed by atoms with van der Waals surface area (Å²) in [5, 5.41) is 1.89. The van der Waals surface area contributed by atoms with E-state index in [0.717, 1.165) is 6.08 Å². The summed E-state index contributed by atoms with van der Waals surface area (Å²) < 4.78 is 37.1. The van der Waals surface area contributed by atoms with Gasteiger partial charge in [0.05, 0.1) is 0 Å². The molecule has 0 saturated heterocycles. The first-order chi connectivity index (χ1) is 7.48. The van der Waals surface area contributed by atoms with Gasteiger partial charge in [-0.15, -0.1) is 0 Å². The second-order valence-corrected chi connectivity index (χ2v) is 3.44. The first-order valence-corrected chi connectivity index (χ1v) is 4.63. The van der Waals surface area contributed by atoms with Crippen molar-refractivity contribution in [2.75, 3.05) is 0 Å². The Kier molecular flexibility index (Phi) is 2.46. The Morgan fingerprint density at radius 2 is 1.75 bits per heavy atom. The van der Waals surface area contributed by atoms with Gasteiger partial charge in [-0.05, 0) is 11.6 Å². The average molecular weight is 227 g/mol. The molecule has 1 aromatic carbocycles. The van der Waals surface area contributed by atoms with Crippen molar-refractivity contribution in [3.63, 3.8) is 0 Å². The van der Waals surface area contributed by atoms with Gasteiger partial charge in [-0.1, -0.05) is 30.3 Å². The molecule has 84 valence electrons. The van der Waals surface area contributed by atoms with E-state index >= 15 is 0 Å². The van der Waals surface area contributed by atoms with Crippen molar-refractivity contribution < 1.29 is 18.0 Å². The molecular weight excluding hydrogens is 219 g/mol. The number of hydrogen-bond acceptors (Lipinski definition) is 1. The third kappa shape index (κ3) is 1.93. The van der Waals surface area contributed by atoms with Crippen molar-refractivity contribution >= 4 is 11.5 Å². The van der Waals surface area contributed by atoms with Crippen LogP contribution in [0.3, 0.4) is 0 Å². The standard InChI is InChI=1S/C11H8F3NO/c12-11(13,14)9-6-8(10(16)15-9)7-4-2-1-3-5-7/h1-6,9H,(H,15,16)/t9-/m0/s1. The molecule has 0 radical (unpaired) electrons. The molecular formula is C11H8F3NO. The van der Waals surface area contributed by atoms with E-state index in [4.69, 9.17) is 0 Å². The Balaban J connectivity index is 2.33. The summed E-state index contributed by atoms with van der Waals surface area (Å²) in [5.74, 6) is -0.687. The minimum atomic E-state index is -4.44. The smallest absolute Gasteiger partial charge is 0.337 e. The summed E-state index contributed by atoms with van der Waals surface area (Å²) in [6, 6.07) is 6.40. The number of halogens is 3. The molecule has 5 heteroatoms. The zero-order chi connectivity index (χ0) is 11.8. The largest absolute Gasteiger partial charge is 0.412 e. The molecule has 1 aromatic rings. The minimum absolute atomic E-state index is 0.0722. The third-order valence-corrected chi connectivity index (χ3v) is 2.30. The lowest BCUT2D eigenvalue weighted by molar-refractivity contribution is -0.148. The topological polar surface area (TPSA) is 29.1 Å². The second kappa shape index (κ2) is 3.66. The van der Waals surface area contributed by atoms with Crippen LogP contribution >= 0.6 is 0 Å². The van der Waals surface area contributed by atoms with Gasteiger partial charge in [0.15, 0.2) is 0 Å². The van der Waals surface area contributed by atoms with E-state index in [0.29, 0.717) is 5.56 Å². The van der Waals surface area contributed by atoms with Gasteiger partial charge in [0.1, 0.15) is 6.04 Å². The number of hydrogen-bond donors (Lipinski definition) is 1. The summed E-state index contributed by atoms with van der Waals surface area (Å²) in [4.78, 5) is 11.4. The number of amides is 1. The van der Waals surface area contributed by atoms with Crippen LogP contribution in [0, 0.1) is 0 Å². The highest BCUT2D eigenvalue weighted by molar-refractivity contribution is 6.21. The van der Waals surface area contributed by atoms with Crippen LogP contribution in [0.1, 0.15) is 5.56 Å². The molecule has 0 spiro atoms. The molecule has 16 heavy (non-hydrogen) atoms. The van der Waals surface area contributed by atoms with Crippen molar-refractivity contribution in [2.45, 2.75) is 12.2 Å². The lowest BCUT2D eigenvalue weighted by Gasteiger charge is -2.12. The van der Waals surface area contributed by atoms with E-state index in [-0.39, 0.29) is 5.57 Å². The van der Waals surface area contributed by atoms with Gasteiger partial charge in [0.2, 0.25) is 0 Å². The molecule has 0 saturated carbocycles. The maximum absolute atomic E-state index is 12.4. The van der Waals surface area contributed by atoms with Crippen LogP contribution in [0.5, 0.6) is 0 Å². The Bertz CT molecular complexity index is 436. The molecule has 1 heterocycles. The molecule has 2 rings (SSSR count). The lowest BCUT2D eigenvalue weighted by Crippen LogP contribution is -2.39. The molecule has 1 amide bonds. The number of rotatable bonds is 1. The fourth-order valence-corrected chi connectivity index (χ4v) is 1.52. The third-order valence-electron chi connectivity index (χ3n) is 2.30. The molecule has 0 unspecified atom stereocenters. The van der Waals surface area contributed by atoms with Crippen LogP contribution in [0.15, 0.2) is 36.4 Å². The van der Waals surface area contributed by atoms with Crippen molar-refractivity contribution in [3.8, 4) is 0 Å². The molecule has 0 fully saturated rings. The molecule has 0 aromatic heterocycles. The quantitative estimate of drug-likeness (QED) is 0.782. The van der Waals surface area contributed by atoms with E-state index in [1.807, 2.05) is 5.32 Å². The second-order valence-electron chi connectivity index (χ2n) is 3.44. The predicted octanol–water partition coefficient (Wildman–Crippen LogP) is 2.13. The van der Waals surface area contributed by atoms with Gasteiger partial charge in [-0.3, -0.25) is 4.79 Å². The number of benzene rings is 1. The van der Waals surface area contributed by atoms with Crippen LogP contribution in [0.4, 0.5) is 13.2 Å². The van der Waals surface area contributed by atoms with Crippen LogP contribution in [-0.4, -0.2) is 18.1 Å². The molecule has 0 bridgehead atoms. The Morgan fingerprint density at radius 1 is 1.12 bits per heavy atom. The maximum Gasteiger partial charge on any atom is 0.412 e. The lowest BCUT2D eigenvalue weighted by atomic mass is 10.1.